The Labute approximate surface area is 231 Å². The Morgan fingerprint density at radius 1 is 1.18 bits per heavy atom. The molecule has 1 saturated heterocycles. The van der Waals surface area contributed by atoms with Crippen molar-refractivity contribution in [2.75, 3.05) is 69.2 Å². The number of nitrogens with zero attached hydrogens (tertiary/aromatic N) is 5. The second-order valence-corrected chi connectivity index (χ2v) is 12.4. The van der Waals surface area contributed by atoms with Crippen molar-refractivity contribution in [3.05, 3.63) is 28.9 Å². The maximum absolute atomic E-state index is 13.8. The molecule has 0 unspecified atom stereocenters. The zero-order valence-corrected chi connectivity index (χ0v) is 23.8. The lowest BCUT2D eigenvalue weighted by atomic mass is 10.2. The quantitative estimate of drug-likeness (QED) is 0.473. The first-order valence-electron chi connectivity index (χ1n) is 12.5. The second kappa shape index (κ2) is 11.5. The second-order valence-electron chi connectivity index (χ2n) is 9.96. The highest BCUT2D eigenvalue weighted by Gasteiger charge is 2.38. The molecule has 2 N–H and O–H groups in total. The number of rotatable bonds is 8. The van der Waals surface area contributed by atoms with Crippen molar-refractivity contribution in [2.45, 2.75) is 37.5 Å². The van der Waals surface area contributed by atoms with Crippen LogP contribution >= 0.6 is 11.6 Å². The number of halogens is 4. The van der Waals surface area contributed by atoms with Gasteiger partial charge in [-0.2, -0.15) is 18.2 Å². The van der Waals surface area contributed by atoms with Gasteiger partial charge in [-0.1, -0.05) is 11.6 Å². The standard InChI is InChI=1S/C24H33ClF3N7O3S/c1-33-7-9-35(10-8-33)20-13-21(38-3)19(12-18(20)25)31-23-29-14-17(24(26,27)28)22(32-23)30-15-5-6-16(11-15)34(2)39(4,36)37/h12-16H,5-11H2,1-4H3,(H2,29,30,31,32)/t15-,16-/m1/s1. The third-order valence-corrected chi connectivity index (χ3v) is 8.88. The van der Waals surface area contributed by atoms with Crippen LogP contribution in [0.4, 0.5) is 36.3 Å². The number of aromatic nitrogens is 2. The Morgan fingerprint density at radius 2 is 1.87 bits per heavy atom. The zero-order chi connectivity index (χ0) is 28.5. The summed E-state index contributed by atoms with van der Waals surface area (Å²) in [6.07, 6.45) is -1.49. The molecule has 15 heteroatoms. The maximum Gasteiger partial charge on any atom is 0.421 e. The van der Waals surface area contributed by atoms with Crippen molar-refractivity contribution in [1.82, 2.24) is 19.2 Å². The first-order chi connectivity index (χ1) is 18.3. The van der Waals surface area contributed by atoms with Gasteiger partial charge in [0.25, 0.3) is 0 Å². The summed E-state index contributed by atoms with van der Waals surface area (Å²) >= 11 is 6.60. The lowest BCUT2D eigenvalue weighted by Gasteiger charge is -2.34. The number of methoxy groups -OCH3 is 1. The molecule has 1 aliphatic heterocycles. The molecule has 0 amide bonds. The third-order valence-electron chi connectivity index (χ3n) is 7.24. The van der Waals surface area contributed by atoms with E-state index in [0.29, 0.717) is 35.7 Å². The van der Waals surface area contributed by atoms with Crippen molar-refractivity contribution in [1.29, 1.82) is 0 Å². The SMILES string of the molecule is COc1cc(N2CCN(C)CC2)c(Cl)cc1Nc1ncc(C(F)(F)F)c(N[C@@H]2CC[C@@H](N(C)S(C)(=O)=O)C2)n1. The molecule has 0 radical (unpaired) electrons. The maximum atomic E-state index is 13.8. The molecule has 0 spiro atoms. The predicted octanol–water partition coefficient (Wildman–Crippen LogP) is 3.88. The van der Waals surface area contributed by atoms with Gasteiger partial charge in [-0.05, 0) is 32.4 Å². The Morgan fingerprint density at radius 3 is 2.49 bits per heavy atom. The number of hydrogen-bond donors (Lipinski definition) is 2. The molecular weight excluding hydrogens is 559 g/mol. The first-order valence-corrected chi connectivity index (χ1v) is 14.7. The average Bonchev–Trinajstić information content (AvgIpc) is 3.31. The smallest absolute Gasteiger partial charge is 0.421 e. The van der Waals surface area contributed by atoms with E-state index in [9.17, 15) is 21.6 Å². The molecule has 1 saturated carbocycles. The van der Waals surface area contributed by atoms with E-state index in [1.165, 1.54) is 18.5 Å². The molecular formula is C24H33ClF3N7O3S. The number of alkyl halides is 3. The number of sulfonamides is 1. The van der Waals surface area contributed by atoms with Crippen LogP contribution in [0, 0.1) is 0 Å². The fraction of sp³-hybridized carbons (Fsp3) is 0.583. The molecule has 1 aromatic heterocycles. The summed E-state index contributed by atoms with van der Waals surface area (Å²) in [6, 6.07) is 2.73. The minimum Gasteiger partial charge on any atom is -0.494 e. The predicted molar refractivity (Wildman–Crippen MR) is 146 cm³/mol. The number of benzene rings is 1. The average molecular weight is 592 g/mol. The number of likely N-dealkylation sites (N-methyl/N-ethyl adjacent to an activating group) is 1. The van der Waals surface area contributed by atoms with Gasteiger partial charge in [0.05, 0.1) is 29.8 Å². The molecule has 39 heavy (non-hydrogen) atoms. The van der Waals surface area contributed by atoms with Crippen molar-refractivity contribution in [3.8, 4) is 5.75 Å². The van der Waals surface area contributed by atoms with Crippen molar-refractivity contribution in [3.63, 3.8) is 0 Å². The summed E-state index contributed by atoms with van der Waals surface area (Å²) in [7, 11) is 1.61. The highest BCUT2D eigenvalue weighted by atomic mass is 35.5. The fourth-order valence-electron chi connectivity index (χ4n) is 4.86. The molecule has 2 atom stereocenters. The van der Waals surface area contributed by atoms with E-state index in [0.717, 1.165) is 44.3 Å². The number of hydrogen-bond acceptors (Lipinski definition) is 9. The molecule has 4 rings (SSSR count). The number of ether oxygens (including phenoxy) is 1. The molecule has 2 heterocycles. The Bertz CT molecular complexity index is 1290. The summed E-state index contributed by atoms with van der Waals surface area (Å²) in [5.41, 5.74) is 0.197. The Hall–Kier alpha value is -2.55. The van der Waals surface area contributed by atoms with E-state index in [-0.39, 0.29) is 17.8 Å². The number of nitrogens with one attached hydrogen (secondary N) is 2. The van der Waals surface area contributed by atoms with Crippen LogP contribution in [0.1, 0.15) is 24.8 Å². The van der Waals surface area contributed by atoms with Crippen LogP contribution in [-0.4, -0.2) is 93.3 Å². The van der Waals surface area contributed by atoms with Crippen LogP contribution in [0.2, 0.25) is 5.02 Å². The van der Waals surface area contributed by atoms with E-state index >= 15 is 0 Å². The van der Waals surface area contributed by atoms with Gasteiger partial charge in [0.1, 0.15) is 17.1 Å². The summed E-state index contributed by atoms with van der Waals surface area (Å²) < 4.78 is 71.9. The number of anilines is 4. The van der Waals surface area contributed by atoms with Gasteiger partial charge in [-0.15, -0.1) is 0 Å². The Kier molecular flexibility index (Phi) is 8.69. The summed E-state index contributed by atoms with van der Waals surface area (Å²) in [5, 5.41) is 6.27. The minimum absolute atomic E-state index is 0.0741. The van der Waals surface area contributed by atoms with Gasteiger partial charge in [-0.3, -0.25) is 0 Å². The van der Waals surface area contributed by atoms with Gasteiger partial charge in [-0.25, -0.2) is 17.7 Å². The Balaban J connectivity index is 1.57. The highest BCUT2D eigenvalue weighted by Crippen LogP contribution is 2.39. The monoisotopic (exact) mass is 591 g/mol. The lowest BCUT2D eigenvalue weighted by molar-refractivity contribution is -0.137. The van der Waals surface area contributed by atoms with Crippen LogP contribution in [0.5, 0.6) is 5.75 Å². The molecule has 10 nitrogen and oxygen atoms in total. The van der Waals surface area contributed by atoms with E-state index in [2.05, 4.69) is 37.4 Å². The van der Waals surface area contributed by atoms with Crippen molar-refractivity contribution >= 4 is 44.8 Å². The molecule has 1 aromatic carbocycles. The molecule has 2 aromatic rings. The first kappa shape index (κ1) is 29.4. The van der Waals surface area contributed by atoms with Crippen molar-refractivity contribution < 1.29 is 26.3 Å². The summed E-state index contributed by atoms with van der Waals surface area (Å²) in [5.74, 6) is -0.0180. The third kappa shape index (κ3) is 6.97. The zero-order valence-electron chi connectivity index (χ0n) is 22.2. The minimum atomic E-state index is -4.69. The molecule has 0 bridgehead atoms. The van der Waals surface area contributed by atoms with Crippen molar-refractivity contribution in [2.24, 2.45) is 0 Å². The fourth-order valence-corrected chi connectivity index (χ4v) is 5.88. The van der Waals surface area contributed by atoms with Gasteiger partial charge < -0.3 is 25.2 Å². The molecule has 2 fully saturated rings. The lowest BCUT2D eigenvalue weighted by Crippen LogP contribution is -2.44. The van der Waals surface area contributed by atoms with Gasteiger partial charge in [0.15, 0.2) is 0 Å². The molecule has 1 aliphatic carbocycles. The van der Waals surface area contributed by atoms with Gasteiger partial charge in [0.2, 0.25) is 16.0 Å². The van der Waals surface area contributed by atoms with Gasteiger partial charge >= 0.3 is 6.18 Å². The molecule has 2 aliphatic rings. The van der Waals surface area contributed by atoms with E-state index < -0.39 is 27.8 Å². The van der Waals surface area contributed by atoms with E-state index in [4.69, 9.17) is 16.3 Å². The number of piperazine rings is 1. The molecule has 216 valence electrons. The van der Waals surface area contributed by atoms with Crippen LogP contribution in [0.25, 0.3) is 0 Å². The summed E-state index contributed by atoms with van der Waals surface area (Å²) in [4.78, 5) is 12.4. The topological polar surface area (TPSA) is 103 Å². The van der Waals surface area contributed by atoms with E-state index in [1.54, 1.807) is 12.1 Å². The summed E-state index contributed by atoms with van der Waals surface area (Å²) in [6.45, 7) is 3.37. The largest absolute Gasteiger partial charge is 0.494 e. The normalized spacial score (nSPS) is 20.9. The van der Waals surface area contributed by atoms with E-state index in [1.807, 2.05) is 0 Å². The van der Waals surface area contributed by atoms with Crippen LogP contribution in [-0.2, 0) is 16.2 Å². The van der Waals surface area contributed by atoms with Crippen LogP contribution in [0.3, 0.4) is 0 Å². The van der Waals surface area contributed by atoms with Crippen LogP contribution < -0.4 is 20.3 Å². The van der Waals surface area contributed by atoms with Gasteiger partial charge in [0, 0.05) is 57.6 Å². The van der Waals surface area contributed by atoms with Crippen LogP contribution in [0.15, 0.2) is 18.3 Å². The highest BCUT2D eigenvalue weighted by molar-refractivity contribution is 7.88.